The molecule has 4 saturated heterocycles. The van der Waals surface area contributed by atoms with Crippen molar-refractivity contribution in [3.63, 3.8) is 0 Å². The second-order valence-electron chi connectivity index (χ2n) is 17.1. The molecule has 2 aromatic rings. The molecule has 42 heavy (non-hydrogen) atoms. The van der Waals surface area contributed by atoms with Gasteiger partial charge in [0, 0.05) is 0 Å². The van der Waals surface area contributed by atoms with Crippen LogP contribution in [-0.4, -0.2) is 11.6 Å². The maximum absolute atomic E-state index is 6.88. The van der Waals surface area contributed by atoms with Gasteiger partial charge in [-0.25, -0.2) is 4.31 Å². The summed E-state index contributed by atoms with van der Waals surface area (Å²) in [5, 5.41) is 0. The smallest absolute Gasteiger partial charge is 0.304 e. The van der Waals surface area contributed by atoms with E-state index >= 15 is 0 Å². The molecule has 4 aliphatic rings. The van der Waals surface area contributed by atoms with Crippen LogP contribution in [0.15, 0.2) is 24.3 Å². The Balaban J connectivity index is 2.04. The van der Waals surface area contributed by atoms with Crippen LogP contribution in [0.2, 0.25) is 0 Å². The topological polar surface area (TPSA) is 46.2 Å². The van der Waals surface area contributed by atoms with Gasteiger partial charge in [-0.1, -0.05) is 107 Å². The lowest BCUT2D eigenvalue weighted by atomic mass is 9.55. The minimum atomic E-state index is -1.61. The first-order valence-electron chi connectivity index (χ1n) is 15.2. The number of hydrogen-bond donors (Lipinski definition) is 0. The van der Waals surface area contributed by atoms with Gasteiger partial charge in [0.25, 0.3) is 0 Å². The summed E-state index contributed by atoms with van der Waals surface area (Å²) in [4.78, 5) is 0. The molecule has 5 nitrogen and oxygen atoms in total. The van der Waals surface area contributed by atoms with Crippen LogP contribution in [0.4, 0.5) is 0 Å². The lowest BCUT2D eigenvalue weighted by Crippen LogP contribution is -2.73. The van der Waals surface area contributed by atoms with Gasteiger partial charge in [0.15, 0.2) is 0 Å². The zero-order chi connectivity index (χ0) is 31.6. The van der Waals surface area contributed by atoms with Gasteiger partial charge in [-0.05, 0) is 93.9 Å². The molecular formula is C35H52O5P2. The van der Waals surface area contributed by atoms with Crippen LogP contribution >= 0.6 is 17.2 Å². The highest BCUT2D eigenvalue weighted by atomic mass is 31.2. The molecule has 4 fully saturated rings. The highest BCUT2D eigenvalue weighted by Gasteiger charge is 2.81. The van der Waals surface area contributed by atoms with Crippen molar-refractivity contribution in [2.45, 2.75) is 149 Å². The number of aryl methyl sites for hydroxylation is 2. The number of benzene rings is 2. The summed E-state index contributed by atoms with van der Waals surface area (Å²) in [6.45, 7) is 36.3. The average molecular weight is 615 g/mol. The predicted octanol–water partition coefficient (Wildman–Crippen LogP) is 10.8. The van der Waals surface area contributed by atoms with Gasteiger partial charge >= 0.3 is 23.2 Å². The summed E-state index contributed by atoms with van der Waals surface area (Å²) in [5.74, 6) is -1.37. The maximum Gasteiger partial charge on any atom is 0.349 e. The third-order valence-electron chi connectivity index (χ3n) is 9.15. The van der Waals surface area contributed by atoms with Crippen LogP contribution in [0.3, 0.4) is 0 Å². The van der Waals surface area contributed by atoms with Crippen molar-refractivity contribution in [1.29, 1.82) is 0 Å². The van der Waals surface area contributed by atoms with Gasteiger partial charge < -0.3 is 4.52 Å². The van der Waals surface area contributed by atoms with Crippen molar-refractivity contribution in [1.82, 2.24) is 0 Å². The van der Waals surface area contributed by atoms with Crippen LogP contribution in [0.5, 0.6) is 0 Å². The van der Waals surface area contributed by atoms with Crippen LogP contribution in [0, 0.1) is 13.8 Å². The Morgan fingerprint density at radius 3 is 1.21 bits per heavy atom. The molecule has 232 valence electrons. The molecule has 0 aromatic heterocycles. The minimum absolute atomic E-state index is 0.0184. The van der Waals surface area contributed by atoms with E-state index in [0.717, 1.165) is 11.1 Å². The van der Waals surface area contributed by atoms with E-state index in [9.17, 15) is 0 Å². The Kier molecular flexibility index (Phi) is 7.39. The molecule has 4 aliphatic heterocycles. The molecule has 2 aromatic carbocycles. The summed E-state index contributed by atoms with van der Waals surface area (Å²) < 4.78 is 32.8. The molecule has 0 radical (unpaired) electrons. The highest BCUT2D eigenvalue weighted by Crippen LogP contribution is 2.84. The molecule has 0 amide bonds. The van der Waals surface area contributed by atoms with Crippen LogP contribution in [-0.2, 0) is 49.5 Å². The molecule has 4 heterocycles. The zero-order valence-electron chi connectivity index (χ0n) is 28.7. The van der Waals surface area contributed by atoms with Gasteiger partial charge in [0.1, 0.15) is 5.41 Å². The second kappa shape index (κ2) is 9.56. The van der Waals surface area contributed by atoms with E-state index in [4.69, 9.17) is 22.4 Å². The first-order valence-corrected chi connectivity index (χ1v) is 17.4. The second-order valence-corrected chi connectivity index (χ2v) is 19.4. The first kappa shape index (κ1) is 32.5. The Bertz CT molecular complexity index is 1330. The molecule has 0 aliphatic carbocycles. The lowest BCUT2D eigenvalue weighted by Gasteiger charge is -2.67. The van der Waals surface area contributed by atoms with Crippen LogP contribution in [0.25, 0.3) is 0 Å². The maximum atomic E-state index is 6.88. The molecule has 3 bridgehead atoms. The Morgan fingerprint density at radius 2 is 0.881 bits per heavy atom. The molecule has 7 heteroatoms. The first-order chi connectivity index (χ1) is 18.8. The summed E-state index contributed by atoms with van der Waals surface area (Å²) in [6, 6.07) is 9.52. The zero-order valence-corrected chi connectivity index (χ0v) is 30.5. The molecule has 1 spiro atoms. The van der Waals surface area contributed by atoms with Crippen molar-refractivity contribution < 1.29 is 22.4 Å². The fourth-order valence-electron chi connectivity index (χ4n) is 6.96. The van der Waals surface area contributed by atoms with E-state index in [1.54, 1.807) is 0 Å². The van der Waals surface area contributed by atoms with Gasteiger partial charge in [-0.2, -0.15) is 0 Å². The molecule has 1 atom stereocenters. The minimum Gasteiger partial charge on any atom is -0.304 e. The standard InChI is InChI=1S/C35H52O5P2/c1-21-17-23(29(3,4)5)19-25(31(9,10)11)27(21)34(33(15,16)36-41-37-35(34)38-42(39-35)40-41)28-22(2)18-24(30(6,7)8)20-26(28)32(12,13)14/h17-20H,1-16H3. The molecule has 1 unspecified atom stereocenters. The van der Waals surface area contributed by atoms with Crippen molar-refractivity contribution in [2.24, 2.45) is 0 Å². The predicted molar refractivity (Wildman–Crippen MR) is 174 cm³/mol. The Morgan fingerprint density at radius 1 is 0.524 bits per heavy atom. The Hall–Kier alpha value is -0.900. The molecule has 0 saturated carbocycles. The van der Waals surface area contributed by atoms with E-state index in [1.807, 2.05) is 0 Å². The van der Waals surface area contributed by atoms with E-state index in [1.165, 1.54) is 33.4 Å². The van der Waals surface area contributed by atoms with Crippen LogP contribution in [0.1, 0.15) is 141 Å². The normalized spacial score (nSPS) is 27.0. The quantitative estimate of drug-likeness (QED) is 0.315. The van der Waals surface area contributed by atoms with Gasteiger partial charge in [-0.3, -0.25) is 13.6 Å². The van der Waals surface area contributed by atoms with Crippen molar-refractivity contribution in [3.8, 4) is 0 Å². The molecule has 6 rings (SSSR count). The molecular weight excluding hydrogens is 562 g/mol. The van der Waals surface area contributed by atoms with Crippen LogP contribution < -0.4 is 0 Å². The van der Waals surface area contributed by atoms with Crippen molar-refractivity contribution in [3.05, 3.63) is 68.8 Å². The van der Waals surface area contributed by atoms with Crippen molar-refractivity contribution >= 4 is 17.2 Å². The SMILES string of the molecule is Cc1cc(C(C)(C)C)cc(C(C)(C)C)c1C1(c2c(C)cc(C(C)(C)C)cc2C(C)(C)C)C(C)(C)OP2OP3OC1(O2)O3. The van der Waals surface area contributed by atoms with Gasteiger partial charge in [-0.15, -0.1) is 0 Å². The fraction of sp³-hybridized carbons (Fsp3) is 0.657. The third-order valence-corrected chi connectivity index (χ3v) is 12.0. The number of hydrogen-bond acceptors (Lipinski definition) is 5. The Labute approximate surface area is 257 Å². The third kappa shape index (κ3) is 4.77. The highest BCUT2D eigenvalue weighted by molar-refractivity contribution is 7.57. The van der Waals surface area contributed by atoms with E-state index in [0.29, 0.717) is 0 Å². The van der Waals surface area contributed by atoms with E-state index in [-0.39, 0.29) is 21.7 Å². The average Bonchev–Trinajstić information content (AvgIpc) is 2.76. The monoisotopic (exact) mass is 614 g/mol. The van der Waals surface area contributed by atoms with E-state index < -0.39 is 34.2 Å². The number of rotatable bonds is 2. The largest absolute Gasteiger partial charge is 0.349 e. The van der Waals surface area contributed by atoms with Gasteiger partial charge in [0.2, 0.25) is 0 Å². The molecule has 0 N–H and O–H groups in total. The van der Waals surface area contributed by atoms with Gasteiger partial charge in [0.05, 0.1) is 5.60 Å². The lowest BCUT2D eigenvalue weighted by molar-refractivity contribution is -0.398. The summed E-state index contributed by atoms with van der Waals surface area (Å²) in [7, 11) is -3.15. The van der Waals surface area contributed by atoms with E-state index in [2.05, 4.69) is 135 Å². The summed E-state index contributed by atoms with van der Waals surface area (Å²) >= 11 is 0. The summed E-state index contributed by atoms with van der Waals surface area (Å²) in [6.07, 6.45) is 0. The fourth-order valence-corrected chi connectivity index (χ4v) is 9.75. The summed E-state index contributed by atoms with van der Waals surface area (Å²) in [5.41, 5.74) is 7.61. The van der Waals surface area contributed by atoms with Crippen molar-refractivity contribution in [2.75, 3.05) is 0 Å².